The number of rotatable bonds is 26. The van der Waals surface area contributed by atoms with Gasteiger partial charge in [0.05, 0.1) is 54.7 Å². The van der Waals surface area contributed by atoms with Gasteiger partial charge in [0, 0.05) is 54.0 Å². The molecule has 67 heavy (non-hydrogen) atoms. The first-order chi connectivity index (χ1) is 32.7. The second-order valence-corrected chi connectivity index (χ2v) is 23.1. The van der Waals surface area contributed by atoms with Crippen molar-refractivity contribution in [3.63, 3.8) is 0 Å². The van der Waals surface area contributed by atoms with Crippen molar-refractivity contribution in [1.29, 1.82) is 0 Å². The van der Waals surface area contributed by atoms with Crippen LogP contribution in [0, 0.1) is 16.7 Å². The number of hydrogen-bond acceptors (Lipinski definition) is 12. The van der Waals surface area contributed by atoms with E-state index in [9.17, 15) is 5.02 Å². The van der Waals surface area contributed by atoms with E-state index >= 15 is 0 Å². The molecule has 366 valence electrons. The molecule has 0 spiro atoms. The molecule has 0 amide bonds. The second kappa shape index (κ2) is 24.6. The maximum atomic E-state index is 11.1. The summed E-state index contributed by atoms with van der Waals surface area (Å²) < 4.78 is 46.2. The van der Waals surface area contributed by atoms with E-state index in [0.29, 0.717) is 55.2 Å². The van der Waals surface area contributed by atoms with E-state index in [0.717, 1.165) is 128 Å². The van der Waals surface area contributed by atoms with E-state index in [4.69, 9.17) is 33.1 Å². The summed E-state index contributed by atoms with van der Waals surface area (Å²) in [7, 11) is 2.15. The summed E-state index contributed by atoms with van der Waals surface area (Å²) in [6.07, 6.45) is 18.1. The first kappa shape index (κ1) is 51.6. The lowest BCUT2D eigenvalue weighted by Crippen LogP contribution is -2.35. The summed E-state index contributed by atoms with van der Waals surface area (Å²) in [6, 6.07) is 13.1. The van der Waals surface area contributed by atoms with Gasteiger partial charge >= 0.3 is 7.12 Å². The molecule has 1 unspecified atom stereocenters. The zero-order chi connectivity index (χ0) is 47.4. The van der Waals surface area contributed by atoms with Crippen molar-refractivity contribution in [1.82, 2.24) is 0 Å². The van der Waals surface area contributed by atoms with Crippen molar-refractivity contribution in [2.45, 2.75) is 144 Å². The third kappa shape index (κ3) is 12.1. The van der Waals surface area contributed by atoms with E-state index < -0.39 is 7.12 Å². The van der Waals surface area contributed by atoms with Gasteiger partial charge in [-0.15, -0.1) is 45.3 Å². The monoisotopic (exact) mass is 990 g/mol. The van der Waals surface area contributed by atoms with Gasteiger partial charge in [-0.25, -0.2) is 0 Å². The van der Waals surface area contributed by atoms with Crippen LogP contribution in [-0.4, -0.2) is 59.4 Å². The Morgan fingerprint density at radius 1 is 0.612 bits per heavy atom. The molecule has 6 heterocycles. The Kier molecular flexibility index (Phi) is 18.9. The molecule has 0 bridgehead atoms. The van der Waals surface area contributed by atoms with Crippen molar-refractivity contribution in [2.24, 2.45) is 16.7 Å². The standard InChI is InChI=1S/C54H75BO8S4/c1-9-15-20-37(14-6)31-59-41-30-38(43-22-24-46(66-43)51-48-49(52(67-51)55(56)58-8)63-36-54(35-62-48,27-18-12-4)28-19-13-5)40(57-7)29-39(41)44-21-23-45(65-44)50-47-42(32-64-50)60-33-53(34-61-47,25-16-10-2)26-17-11-3/h21-24,29-30,32,37,56H,9-20,25-28,31,33-36H2,1-8H3. The van der Waals surface area contributed by atoms with Crippen LogP contribution in [0.25, 0.3) is 40.4 Å². The molecule has 2 aliphatic heterocycles. The predicted octanol–water partition coefficient (Wildman–Crippen LogP) is 15.8. The molecule has 0 saturated carbocycles. The van der Waals surface area contributed by atoms with Crippen LogP contribution in [-0.2, 0) is 4.65 Å². The number of thiophene rings is 4. The first-order valence-corrected chi connectivity index (χ1v) is 28.6. The number of hydrogen-bond donors (Lipinski definition) is 1. The molecule has 13 heteroatoms. The molecule has 1 atom stereocenters. The molecular formula is C54H75BO8S4. The highest BCUT2D eigenvalue weighted by Crippen LogP contribution is 2.54. The van der Waals surface area contributed by atoms with Crippen molar-refractivity contribution >= 4 is 57.2 Å². The number of fused-ring (bicyclic) bond motifs is 2. The average Bonchev–Trinajstić information content (AvgIpc) is 4.16. The molecule has 0 saturated heterocycles. The Hall–Kier alpha value is -3.20. The minimum absolute atomic E-state index is 0.0387. The smallest absolute Gasteiger partial charge is 0.496 e. The van der Waals surface area contributed by atoms with E-state index in [1.54, 1.807) is 41.1 Å². The number of unbranched alkanes of at least 4 members (excludes halogenated alkanes) is 5. The lowest BCUT2D eigenvalue weighted by Gasteiger charge is -2.31. The fourth-order valence-electron chi connectivity index (χ4n) is 9.43. The van der Waals surface area contributed by atoms with Crippen LogP contribution in [0.4, 0.5) is 0 Å². The van der Waals surface area contributed by atoms with Crippen molar-refractivity contribution in [3.8, 4) is 74.9 Å². The number of benzene rings is 1. The van der Waals surface area contributed by atoms with Crippen LogP contribution >= 0.6 is 45.3 Å². The second-order valence-electron chi connectivity index (χ2n) is 19.0. The van der Waals surface area contributed by atoms with Crippen molar-refractivity contribution < 1.29 is 38.1 Å². The van der Waals surface area contributed by atoms with Crippen molar-refractivity contribution in [2.75, 3.05) is 47.3 Å². The summed E-state index contributed by atoms with van der Waals surface area (Å²) in [4.78, 5) is 6.39. The Labute approximate surface area is 417 Å². The van der Waals surface area contributed by atoms with Crippen LogP contribution in [0.5, 0.6) is 34.5 Å². The summed E-state index contributed by atoms with van der Waals surface area (Å²) >= 11 is 6.61. The van der Waals surface area contributed by atoms with Gasteiger partial charge in [-0.05, 0) is 74.4 Å². The molecule has 7 rings (SSSR count). The summed E-state index contributed by atoms with van der Waals surface area (Å²) in [5, 5.41) is 13.2. The molecule has 0 radical (unpaired) electrons. The third-order valence-electron chi connectivity index (χ3n) is 13.9. The minimum atomic E-state index is -1.12. The zero-order valence-corrected chi connectivity index (χ0v) is 44.7. The Morgan fingerprint density at radius 2 is 1.12 bits per heavy atom. The molecule has 1 N–H and O–H groups in total. The Morgan fingerprint density at radius 3 is 1.67 bits per heavy atom. The molecule has 4 aromatic heterocycles. The Balaban J connectivity index is 1.23. The van der Waals surface area contributed by atoms with E-state index in [1.165, 1.54) is 57.0 Å². The lowest BCUT2D eigenvalue weighted by atomic mass is 9.79. The fraction of sp³-hybridized carbons (Fsp3) is 0.593. The van der Waals surface area contributed by atoms with Gasteiger partial charge in [0.15, 0.2) is 23.0 Å². The molecule has 0 aliphatic carbocycles. The zero-order valence-electron chi connectivity index (χ0n) is 41.5. The van der Waals surface area contributed by atoms with E-state index in [1.807, 2.05) is 0 Å². The average molecular weight is 991 g/mol. The van der Waals surface area contributed by atoms with Crippen LogP contribution in [0.15, 0.2) is 41.8 Å². The van der Waals surface area contributed by atoms with Gasteiger partial charge in [0.1, 0.15) is 11.5 Å². The summed E-state index contributed by atoms with van der Waals surface area (Å²) in [5.74, 6) is 5.12. The van der Waals surface area contributed by atoms with Gasteiger partial charge in [-0.1, -0.05) is 112 Å². The van der Waals surface area contributed by atoms with Crippen LogP contribution in [0.1, 0.15) is 144 Å². The molecule has 8 nitrogen and oxygen atoms in total. The normalized spacial score (nSPS) is 15.5. The van der Waals surface area contributed by atoms with E-state index in [-0.39, 0.29) is 10.8 Å². The maximum Gasteiger partial charge on any atom is 0.505 e. The molecule has 5 aromatic rings. The summed E-state index contributed by atoms with van der Waals surface area (Å²) in [6.45, 7) is 16.7. The SMILES string of the molecule is CCCCC(CC)COc1cc(-c2ccc(-c3sc(B(O)OC)c4c3OCC(CCCC)(CCCC)CO4)s2)c(OC)cc1-c1ccc(-c2scc3c2OCC(CCCC)(CCCC)CO3)s1. The number of methoxy groups -OCH3 is 1. The molecular weight excluding hydrogens is 916 g/mol. The highest BCUT2D eigenvalue weighted by atomic mass is 32.1. The quantitative estimate of drug-likeness (QED) is 0.0549. The highest BCUT2D eigenvalue weighted by Gasteiger charge is 2.40. The van der Waals surface area contributed by atoms with Crippen LogP contribution in [0.3, 0.4) is 0 Å². The largest absolute Gasteiger partial charge is 0.505 e. The summed E-state index contributed by atoms with van der Waals surface area (Å²) in [5.41, 5.74) is 1.93. The molecule has 2 aliphatic rings. The third-order valence-corrected chi connectivity index (χ3v) is 18.6. The maximum absolute atomic E-state index is 11.1. The van der Waals surface area contributed by atoms with E-state index in [2.05, 4.69) is 83.3 Å². The predicted molar refractivity (Wildman–Crippen MR) is 285 cm³/mol. The Bertz CT molecular complexity index is 2290. The van der Waals surface area contributed by atoms with Gasteiger partial charge in [0.2, 0.25) is 0 Å². The molecule has 1 aromatic carbocycles. The van der Waals surface area contributed by atoms with Gasteiger partial charge in [-0.2, -0.15) is 0 Å². The topological polar surface area (TPSA) is 84.8 Å². The van der Waals surface area contributed by atoms with Gasteiger partial charge < -0.3 is 38.1 Å². The van der Waals surface area contributed by atoms with Crippen LogP contribution < -0.4 is 33.2 Å². The fourth-order valence-corrected chi connectivity index (χ4v) is 13.8. The minimum Gasteiger partial charge on any atom is -0.496 e. The molecule has 0 fully saturated rings. The van der Waals surface area contributed by atoms with Gasteiger partial charge in [-0.3, -0.25) is 0 Å². The first-order valence-electron chi connectivity index (χ1n) is 25.2. The van der Waals surface area contributed by atoms with Crippen molar-refractivity contribution in [3.05, 3.63) is 41.8 Å². The number of ether oxygens (including phenoxy) is 6. The lowest BCUT2D eigenvalue weighted by molar-refractivity contribution is 0.0795. The van der Waals surface area contributed by atoms with Crippen LogP contribution in [0.2, 0.25) is 0 Å². The highest BCUT2D eigenvalue weighted by molar-refractivity contribution is 7.29. The van der Waals surface area contributed by atoms with Gasteiger partial charge in [0.25, 0.3) is 0 Å².